The summed E-state index contributed by atoms with van der Waals surface area (Å²) in [7, 11) is 0. The Morgan fingerprint density at radius 3 is 2.63 bits per heavy atom. The first-order valence-corrected chi connectivity index (χ1v) is 14.8. The highest BCUT2D eigenvalue weighted by atomic mass is 16.5. The third kappa shape index (κ3) is 6.37. The monoisotopic (exact) mass is 556 g/mol. The molecule has 1 amide bonds. The van der Waals surface area contributed by atoms with Crippen LogP contribution in [-0.4, -0.2) is 57.5 Å². The number of amides is 1. The minimum atomic E-state index is -0.0352. The number of rotatable bonds is 9. The zero-order valence-electron chi connectivity index (χ0n) is 23.8. The summed E-state index contributed by atoms with van der Waals surface area (Å²) >= 11 is 0. The van der Waals surface area contributed by atoms with Crippen LogP contribution in [0.3, 0.4) is 0 Å². The molecule has 3 aliphatic rings. The van der Waals surface area contributed by atoms with Crippen LogP contribution in [0.5, 0.6) is 0 Å². The van der Waals surface area contributed by atoms with E-state index in [1.807, 2.05) is 23.0 Å². The molecule has 1 aliphatic carbocycles. The summed E-state index contributed by atoms with van der Waals surface area (Å²) in [6, 6.07) is 8.10. The van der Waals surface area contributed by atoms with Crippen molar-refractivity contribution in [1.82, 2.24) is 25.1 Å². The van der Waals surface area contributed by atoms with Gasteiger partial charge in [0, 0.05) is 50.1 Å². The fourth-order valence-electron chi connectivity index (χ4n) is 5.93. The van der Waals surface area contributed by atoms with Crippen LogP contribution in [0.1, 0.15) is 73.0 Å². The van der Waals surface area contributed by atoms with Crippen LogP contribution >= 0.6 is 0 Å². The molecule has 0 unspecified atom stereocenters. The van der Waals surface area contributed by atoms with E-state index in [4.69, 9.17) is 15.5 Å². The van der Waals surface area contributed by atoms with Gasteiger partial charge in [-0.2, -0.15) is 5.10 Å². The zero-order valence-corrected chi connectivity index (χ0v) is 23.8. The fourth-order valence-corrected chi connectivity index (χ4v) is 5.93. The summed E-state index contributed by atoms with van der Waals surface area (Å²) < 4.78 is 7.45. The van der Waals surface area contributed by atoms with Gasteiger partial charge in [-0.25, -0.2) is 9.97 Å². The molecule has 0 bridgehead atoms. The maximum atomic E-state index is 13.1. The van der Waals surface area contributed by atoms with Gasteiger partial charge in [0.05, 0.1) is 23.8 Å². The van der Waals surface area contributed by atoms with Gasteiger partial charge in [-0.15, -0.1) is 0 Å². The largest absolute Gasteiger partial charge is 0.397 e. The number of hydrogen-bond acceptors (Lipinski definition) is 8. The number of nitrogens with zero attached hydrogens (tertiary/aromatic N) is 5. The SMILES string of the molecule is C=C(N)c1ncc(N2CCC[C@@H](NC(=O)c3ccc(C4CC4)cc3)[C@H]2C)nc1Nc1cnn(CC2CCOCC2)c1. The van der Waals surface area contributed by atoms with Gasteiger partial charge in [-0.1, -0.05) is 18.7 Å². The number of benzene rings is 1. The van der Waals surface area contributed by atoms with Crippen molar-refractivity contribution in [2.24, 2.45) is 11.7 Å². The number of carbonyl (C=O) groups is 1. The van der Waals surface area contributed by atoms with Crippen molar-refractivity contribution in [1.29, 1.82) is 0 Å². The minimum Gasteiger partial charge on any atom is -0.397 e. The standard InChI is InChI=1S/C31H40N8O2/c1-20(32)29-30(35-26-16-34-38(19-26)18-22-11-14-41-15-12-22)37-28(17-33-29)39-13-3-4-27(21(39)2)36-31(40)25-9-7-24(8-10-25)23-5-6-23/h7-10,16-17,19,21-23,27H,1,3-6,11-15,18,32H2,2H3,(H,35,37)(H,36,40)/t21-,27-/m1/s1. The molecule has 6 rings (SSSR count). The van der Waals surface area contributed by atoms with Crippen molar-refractivity contribution < 1.29 is 9.53 Å². The Labute approximate surface area is 241 Å². The lowest BCUT2D eigenvalue weighted by Crippen LogP contribution is -2.54. The summed E-state index contributed by atoms with van der Waals surface area (Å²) in [5, 5.41) is 11.2. The quantitative estimate of drug-likeness (QED) is 0.354. The smallest absolute Gasteiger partial charge is 0.251 e. The summed E-state index contributed by atoms with van der Waals surface area (Å²) in [5.41, 5.74) is 9.78. The number of ether oxygens (including phenoxy) is 1. The van der Waals surface area contributed by atoms with E-state index in [1.54, 1.807) is 12.4 Å². The average Bonchev–Trinajstić information content (AvgIpc) is 3.75. The summed E-state index contributed by atoms with van der Waals surface area (Å²) in [6.45, 7) is 9.34. The van der Waals surface area contributed by atoms with Crippen molar-refractivity contribution in [2.45, 2.75) is 70.0 Å². The third-order valence-electron chi connectivity index (χ3n) is 8.57. The highest BCUT2D eigenvalue weighted by Crippen LogP contribution is 2.40. The summed E-state index contributed by atoms with van der Waals surface area (Å²) in [4.78, 5) is 24.9. The average molecular weight is 557 g/mol. The van der Waals surface area contributed by atoms with E-state index in [2.05, 4.69) is 51.3 Å². The topological polar surface area (TPSA) is 123 Å². The number of nitrogens with one attached hydrogen (secondary N) is 2. The Kier molecular flexibility index (Phi) is 7.91. The number of carbonyl (C=O) groups excluding carboxylic acids is 1. The Balaban J connectivity index is 1.14. The highest BCUT2D eigenvalue weighted by Gasteiger charge is 2.31. The van der Waals surface area contributed by atoms with Crippen molar-refractivity contribution in [3.05, 3.63) is 66.3 Å². The first-order valence-electron chi connectivity index (χ1n) is 14.8. The zero-order chi connectivity index (χ0) is 28.3. The molecular weight excluding hydrogens is 516 g/mol. The molecule has 4 heterocycles. The Bertz CT molecular complexity index is 1380. The molecule has 1 saturated carbocycles. The molecule has 0 radical (unpaired) electrons. The second-order valence-corrected chi connectivity index (χ2v) is 11.6. The highest BCUT2D eigenvalue weighted by molar-refractivity contribution is 5.94. The maximum Gasteiger partial charge on any atom is 0.251 e. The van der Waals surface area contributed by atoms with Gasteiger partial charge < -0.3 is 26.0 Å². The normalized spacial score (nSPS) is 21.4. The van der Waals surface area contributed by atoms with Gasteiger partial charge >= 0.3 is 0 Å². The number of aromatic nitrogens is 4. The molecule has 0 spiro atoms. The van der Waals surface area contributed by atoms with Crippen LogP contribution < -0.4 is 21.3 Å². The molecule has 10 heteroatoms. The molecule has 3 fully saturated rings. The fraction of sp³-hybridized carbons (Fsp3) is 0.484. The van der Waals surface area contributed by atoms with E-state index in [0.717, 1.165) is 63.5 Å². The molecule has 2 saturated heterocycles. The van der Waals surface area contributed by atoms with E-state index in [-0.39, 0.29) is 18.0 Å². The van der Waals surface area contributed by atoms with E-state index in [1.165, 1.54) is 18.4 Å². The molecule has 10 nitrogen and oxygen atoms in total. The van der Waals surface area contributed by atoms with Crippen molar-refractivity contribution in [3.63, 3.8) is 0 Å². The molecule has 41 heavy (non-hydrogen) atoms. The van der Waals surface area contributed by atoms with Gasteiger partial charge in [-0.05, 0) is 75.0 Å². The van der Waals surface area contributed by atoms with Crippen LogP contribution in [0.15, 0.2) is 49.4 Å². The molecule has 1 aromatic carbocycles. The lowest BCUT2D eigenvalue weighted by Gasteiger charge is -2.40. The first kappa shape index (κ1) is 27.3. The van der Waals surface area contributed by atoms with Gasteiger partial charge in [0.15, 0.2) is 5.82 Å². The van der Waals surface area contributed by atoms with Crippen LogP contribution in [0.2, 0.25) is 0 Å². The number of nitrogens with two attached hydrogens (primary N) is 1. The van der Waals surface area contributed by atoms with E-state index >= 15 is 0 Å². The second-order valence-electron chi connectivity index (χ2n) is 11.6. The van der Waals surface area contributed by atoms with Crippen molar-refractivity contribution >= 4 is 28.9 Å². The van der Waals surface area contributed by atoms with Gasteiger partial charge in [-0.3, -0.25) is 9.48 Å². The number of piperidine rings is 1. The summed E-state index contributed by atoms with van der Waals surface area (Å²) in [6.07, 6.45) is 12.0. The van der Waals surface area contributed by atoms with Gasteiger partial charge in [0.25, 0.3) is 5.91 Å². The van der Waals surface area contributed by atoms with Crippen molar-refractivity contribution in [3.8, 4) is 0 Å². The molecule has 2 atom stereocenters. The molecule has 216 valence electrons. The minimum absolute atomic E-state index is 0.00913. The summed E-state index contributed by atoms with van der Waals surface area (Å²) in [5.74, 6) is 2.47. The number of hydrogen-bond donors (Lipinski definition) is 3. The molecular formula is C31H40N8O2. The van der Waals surface area contributed by atoms with E-state index in [0.29, 0.717) is 34.6 Å². The molecule has 2 aliphatic heterocycles. The number of anilines is 3. The third-order valence-corrected chi connectivity index (χ3v) is 8.57. The Hall–Kier alpha value is -3.92. The lowest BCUT2D eigenvalue weighted by molar-refractivity contribution is 0.0601. The van der Waals surface area contributed by atoms with Crippen molar-refractivity contribution in [2.75, 3.05) is 30.0 Å². The van der Waals surface area contributed by atoms with Gasteiger partial charge in [0.1, 0.15) is 11.5 Å². The lowest BCUT2D eigenvalue weighted by atomic mass is 9.97. The van der Waals surface area contributed by atoms with Crippen LogP contribution in [0.4, 0.5) is 17.3 Å². The Morgan fingerprint density at radius 1 is 1.12 bits per heavy atom. The van der Waals surface area contributed by atoms with Gasteiger partial charge in [0.2, 0.25) is 0 Å². The van der Waals surface area contributed by atoms with E-state index in [9.17, 15) is 4.79 Å². The maximum absolute atomic E-state index is 13.1. The predicted molar refractivity (Wildman–Crippen MR) is 160 cm³/mol. The van der Waals surface area contributed by atoms with E-state index < -0.39 is 0 Å². The van der Waals surface area contributed by atoms with Crippen LogP contribution in [-0.2, 0) is 11.3 Å². The molecule has 4 N–H and O–H groups in total. The predicted octanol–water partition coefficient (Wildman–Crippen LogP) is 4.44. The molecule has 2 aromatic heterocycles. The van der Waals surface area contributed by atoms with Crippen LogP contribution in [0.25, 0.3) is 5.70 Å². The first-order chi connectivity index (χ1) is 19.9. The Morgan fingerprint density at radius 2 is 1.90 bits per heavy atom. The van der Waals surface area contributed by atoms with Crippen LogP contribution in [0, 0.1) is 5.92 Å². The molecule has 3 aromatic rings. The second kappa shape index (κ2) is 11.9.